The van der Waals surface area contributed by atoms with Crippen molar-refractivity contribution in [1.82, 2.24) is 15.1 Å². The van der Waals surface area contributed by atoms with E-state index in [-0.39, 0.29) is 11.9 Å². The zero-order valence-electron chi connectivity index (χ0n) is 13.1. The van der Waals surface area contributed by atoms with Gasteiger partial charge in [0.2, 0.25) is 0 Å². The van der Waals surface area contributed by atoms with Gasteiger partial charge in [0.1, 0.15) is 0 Å². The van der Waals surface area contributed by atoms with Crippen LogP contribution in [-0.4, -0.2) is 40.1 Å². The van der Waals surface area contributed by atoms with Crippen LogP contribution in [0, 0.1) is 5.92 Å². The highest BCUT2D eigenvalue weighted by molar-refractivity contribution is 6.30. The van der Waals surface area contributed by atoms with E-state index < -0.39 is 0 Å². The third kappa shape index (κ3) is 3.41. The third-order valence-electron chi connectivity index (χ3n) is 4.47. The lowest BCUT2D eigenvalue weighted by Gasteiger charge is -2.34. The molecule has 0 bridgehead atoms. The molecule has 1 aliphatic rings. The number of aromatic nitrogens is 2. The summed E-state index contributed by atoms with van der Waals surface area (Å²) in [6, 6.07) is 7.51. The van der Waals surface area contributed by atoms with Crippen molar-refractivity contribution in [3.63, 3.8) is 0 Å². The zero-order chi connectivity index (χ0) is 16.4. The highest BCUT2D eigenvalue weighted by Crippen LogP contribution is 2.27. The molecule has 3 N–H and O–H groups in total. The molecule has 0 unspecified atom stereocenters. The smallest absolute Gasteiger partial charge is 0.257 e. The minimum absolute atomic E-state index is 0.000856. The number of rotatable bonds is 3. The van der Waals surface area contributed by atoms with E-state index in [1.54, 1.807) is 12.3 Å². The number of nitrogens with one attached hydrogen (secondary N) is 1. The molecule has 23 heavy (non-hydrogen) atoms. The number of hydrogen-bond acceptors (Lipinski definition) is 3. The van der Waals surface area contributed by atoms with Gasteiger partial charge in [-0.1, -0.05) is 23.7 Å². The predicted octanol–water partition coefficient (Wildman–Crippen LogP) is 2.93. The quantitative estimate of drug-likeness (QED) is 0.907. The Labute approximate surface area is 140 Å². The van der Waals surface area contributed by atoms with E-state index in [2.05, 4.69) is 10.2 Å². The maximum absolute atomic E-state index is 12.9. The number of nitrogens with zero attached hydrogens (tertiary/aromatic N) is 2. The van der Waals surface area contributed by atoms with Crippen molar-refractivity contribution in [2.45, 2.75) is 25.8 Å². The van der Waals surface area contributed by atoms with Gasteiger partial charge in [-0.3, -0.25) is 9.89 Å². The Morgan fingerprint density at radius 3 is 3.09 bits per heavy atom. The van der Waals surface area contributed by atoms with Crippen LogP contribution in [0.2, 0.25) is 5.02 Å². The Balaban J connectivity index is 1.85. The molecule has 1 amide bonds. The summed E-state index contributed by atoms with van der Waals surface area (Å²) in [7, 11) is 0. The van der Waals surface area contributed by atoms with Gasteiger partial charge in [0.15, 0.2) is 0 Å². The molecule has 3 rings (SSSR count). The number of nitrogens with two attached hydrogens (primary N) is 1. The maximum atomic E-state index is 12.9. The highest BCUT2D eigenvalue weighted by Gasteiger charge is 2.28. The van der Waals surface area contributed by atoms with Crippen LogP contribution in [-0.2, 0) is 0 Å². The number of amides is 1. The van der Waals surface area contributed by atoms with Crippen molar-refractivity contribution in [2.75, 3.05) is 13.1 Å². The number of aromatic amines is 1. The normalized spacial score (nSPS) is 19.6. The SMILES string of the molecule is C[C@H](N)[C@H]1CCCN(C(=O)c2cn[nH]c2-c2cccc(Cl)c2)C1. The van der Waals surface area contributed by atoms with Crippen LogP contribution in [0.4, 0.5) is 0 Å². The first kappa shape index (κ1) is 16.0. The summed E-state index contributed by atoms with van der Waals surface area (Å²) < 4.78 is 0. The first-order chi connectivity index (χ1) is 11.1. The minimum Gasteiger partial charge on any atom is -0.338 e. The summed E-state index contributed by atoms with van der Waals surface area (Å²) >= 11 is 6.05. The molecule has 1 fully saturated rings. The molecule has 1 aromatic heterocycles. The van der Waals surface area contributed by atoms with Crippen molar-refractivity contribution < 1.29 is 4.79 Å². The second kappa shape index (κ2) is 6.72. The largest absolute Gasteiger partial charge is 0.338 e. The Hall–Kier alpha value is -1.85. The van der Waals surface area contributed by atoms with Gasteiger partial charge >= 0.3 is 0 Å². The number of H-pyrrole nitrogens is 1. The fraction of sp³-hybridized carbons (Fsp3) is 0.412. The van der Waals surface area contributed by atoms with Crippen LogP contribution in [0.15, 0.2) is 30.5 Å². The second-order valence-corrected chi connectivity index (χ2v) is 6.62. The monoisotopic (exact) mass is 332 g/mol. The Morgan fingerprint density at radius 1 is 1.52 bits per heavy atom. The van der Waals surface area contributed by atoms with Gasteiger partial charge in [0.05, 0.1) is 17.5 Å². The molecular formula is C17H21ClN4O. The number of hydrogen-bond donors (Lipinski definition) is 2. The molecule has 1 saturated heterocycles. The van der Waals surface area contributed by atoms with Crippen molar-refractivity contribution in [2.24, 2.45) is 11.7 Å². The van der Waals surface area contributed by atoms with Gasteiger partial charge in [0.25, 0.3) is 5.91 Å². The molecule has 0 radical (unpaired) electrons. The lowest BCUT2D eigenvalue weighted by atomic mass is 9.91. The number of halogens is 1. The fourth-order valence-corrected chi connectivity index (χ4v) is 3.30. The standard InChI is InChI=1S/C17H21ClN4O/c1-11(19)13-5-3-7-22(10-13)17(23)15-9-20-21-16(15)12-4-2-6-14(18)8-12/h2,4,6,8-9,11,13H,3,5,7,10,19H2,1H3,(H,20,21)/t11-,13-/m0/s1. The third-order valence-corrected chi connectivity index (χ3v) is 4.71. The Morgan fingerprint density at radius 2 is 2.35 bits per heavy atom. The molecule has 2 aromatic rings. The molecule has 5 nitrogen and oxygen atoms in total. The first-order valence-corrected chi connectivity index (χ1v) is 8.28. The van der Waals surface area contributed by atoms with Crippen LogP contribution in [0.25, 0.3) is 11.3 Å². The molecule has 0 saturated carbocycles. The van der Waals surface area contributed by atoms with Gasteiger partial charge in [0, 0.05) is 29.7 Å². The van der Waals surface area contributed by atoms with Crippen LogP contribution >= 0.6 is 11.6 Å². The predicted molar refractivity (Wildman–Crippen MR) is 91.3 cm³/mol. The summed E-state index contributed by atoms with van der Waals surface area (Å²) in [5.74, 6) is 0.355. The zero-order valence-corrected chi connectivity index (χ0v) is 13.9. The van der Waals surface area contributed by atoms with E-state index in [4.69, 9.17) is 17.3 Å². The average molecular weight is 333 g/mol. The summed E-state index contributed by atoms with van der Waals surface area (Å²) in [6.45, 7) is 3.48. The lowest BCUT2D eigenvalue weighted by Crippen LogP contribution is -2.45. The van der Waals surface area contributed by atoms with Crippen LogP contribution in [0.5, 0.6) is 0 Å². The second-order valence-electron chi connectivity index (χ2n) is 6.18. The van der Waals surface area contributed by atoms with Crippen LogP contribution in [0.3, 0.4) is 0 Å². The van der Waals surface area contributed by atoms with Crippen molar-refractivity contribution >= 4 is 17.5 Å². The number of carbonyl (C=O) groups is 1. The van der Waals surface area contributed by atoms with E-state index in [9.17, 15) is 4.79 Å². The summed E-state index contributed by atoms with van der Waals surface area (Å²) in [5.41, 5.74) is 8.16. The van der Waals surface area contributed by atoms with Crippen LogP contribution < -0.4 is 5.73 Å². The fourth-order valence-electron chi connectivity index (χ4n) is 3.11. The van der Waals surface area contributed by atoms with E-state index in [0.29, 0.717) is 28.7 Å². The summed E-state index contributed by atoms with van der Waals surface area (Å²) in [5, 5.41) is 7.61. The molecule has 2 heterocycles. The van der Waals surface area contributed by atoms with Crippen molar-refractivity contribution in [1.29, 1.82) is 0 Å². The first-order valence-electron chi connectivity index (χ1n) is 7.90. The van der Waals surface area contributed by atoms with Gasteiger partial charge in [-0.25, -0.2) is 0 Å². The molecule has 1 aromatic carbocycles. The molecule has 6 heteroatoms. The number of likely N-dealkylation sites (tertiary alicyclic amines) is 1. The molecule has 2 atom stereocenters. The summed E-state index contributed by atoms with van der Waals surface area (Å²) in [6.07, 6.45) is 3.66. The lowest BCUT2D eigenvalue weighted by molar-refractivity contribution is 0.0662. The summed E-state index contributed by atoms with van der Waals surface area (Å²) in [4.78, 5) is 14.8. The van der Waals surface area contributed by atoms with E-state index in [1.165, 1.54) is 0 Å². The van der Waals surface area contributed by atoms with Crippen molar-refractivity contribution in [3.8, 4) is 11.3 Å². The number of carbonyl (C=O) groups excluding carboxylic acids is 1. The molecule has 0 aliphatic carbocycles. The maximum Gasteiger partial charge on any atom is 0.257 e. The Bertz CT molecular complexity index is 697. The van der Waals surface area contributed by atoms with Gasteiger partial charge in [-0.2, -0.15) is 5.10 Å². The topological polar surface area (TPSA) is 75.0 Å². The molecule has 0 spiro atoms. The average Bonchev–Trinajstić information content (AvgIpc) is 3.04. The number of benzene rings is 1. The van der Waals surface area contributed by atoms with Gasteiger partial charge in [-0.15, -0.1) is 0 Å². The van der Waals surface area contributed by atoms with E-state index in [1.807, 2.05) is 30.0 Å². The van der Waals surface area contributed by atoms with Crippen LogP contribution in [0.1, 0.15) is 30.1 Å². The van der Waals surface area contributed by atoms with Gasteiger partial charge < -0.3 is 10.6 Å². The van der Waals surface area contributed by atoms with E-state index >= 15 is 0 Å². The molecule has 122 valence electrons. The molecular weight excluding hydrogens is 312 g/mol. The highest BCUT2D eigenvalue weighted by atomic mass is 35.5. The Kier molecular flexibility index (Phi) is 4.68. The van der Waals surface area contributed by atoms with Crippen molar-refractivity contribution in [3.05, 3.63) is 41.0 Å². The number of piperidine rings is 1. The van der Waals surface area contributed by atoms with Gasteiger partial charge in [-0.05, 0) is 37.8 Å². The minimum atomic E-state index is -0.000856. The molecule has 1 aliphatic heterocycles. The van der Waals surface area contributed by atoms with E-state index in [0.717, 1.165) is 24.9 Å².